The molecule has 0 N–H and O–H groups in total. The molecule has 2 aliphatic heterocycles. The minimum atomic E-state index is -0.0754. The van der Waals surface area contributed by atoms with Crippen LogP contribution in [0.5, 0.6) is 0 Å². The molecule has 0 spiro atoms. The molecule has 2 fully saturated rings. The molecule has 2 aliphatic rings. The van der Waals surface area contributed by atoms with Crippen molar-refractivity contribution in [3.8, 4) is 11.4 Å². The summed E-state index contributed by atoms with van der Waals surface area (Å²) in [5.41, 5.74) is 3.09. The summed E-state index contributed by atoms with van der Waals surface area (Å²) in [7, 11) is 0. The third kappa shape index (κ3) is 3.70. The number of benzene rings is 2. The van der Waals surface area contributed by atoms with E-state index in [0.29, 0.717) is 24.7 Å². The number of rotatable bonds is 4. The first-order valence-electron chi connectivity index (χ1n) is 10.7. The Morgan fingerprint density at radius 1 is 0.967 bits per heavy atom. The molecule has 0 unspecified atom stereocenters. The minimum Gasteiger partial charge on any atom is -0.372 e. The van der Waals surface area contributed by atoms with Crippen LogP contribution in [-0.4, -0.2) is 35.7 Å². The lowest BCUT2D eigenvalue weighted by Crippen LogP contribution is -2.32. The molecular formula is C24H26N4O2. The molecule has 154 valence electrons. The van der Waals surface area contributed by atoms with Crippen LogP contribution in [-0.2, 0) is 4.79 Å². The van der Waals surface area contributed by atoms with Crippen LogP contribution in [0.15, 0.2) is 59.1 Å². The van der Waals surface area contributed by atoms with Gasteiger partial charge in [0.25, 0.3) is 0 Å². The molecule has 5 rings (SSSR count). The molecular weight excluding hydrogens is 376 g/mol. The highest BCUT2D eigenvalue weighted by atomic mass is 16.5. The van der Waals surface area contributed by atoms with Gasteiger partial charge in [-0.15, -0.1) is 0 Å². The lowest BCUT2D eigenvalue weighted by atomic mass is 9.98. The largest absolute Gasteiger partial charge is 0.372 e. The van der Waals surface area contributed by atoms with Gasteiger partial charge in [-0.3, -0.25) is 4.79 Å². The van der Waals surface area contributed by atoms with Gasteiger partial charge in [-0.25, -0.2) is 0 Å². The maximum Gasteiger partial charge on any atom is 0.232 e. The van der Waals surface area contributed by atoms with Crippen molar-refractivity contribution in [3.05, 3.63) is 60.5 Å². The van der Waals surface area contributed by atoms with Gasteiger partial charge in [-0.05, 0) is 55.2 Å². The topological polar surface area (TPSA) is 62.5 Å². The van der Waals surface area contributed by atoms with Crippen molar-refractivity contribution in [2.75, 3.05) is 29.4 Å². The zero-order valence-corrected chi connectivity index (χ0v) is 17.2. The van der Waals surface area contributed by atoms with Crippen LogP contribution in [0.4, 0.5) is 11.4 Å². The van der Waals surface area contributed by atoms with Crippen molar-refractivity contribution < 1.29 is 9.32 Å². The fourth-order valence-corrected chi connectivity index (χ4v) is 4.34. The second kappa shape index (κ2) is 7.94. The average Bonchev–Trinajstić information content (AvgIpc) is 3.42. The molecule has 0 radical (unpaired) electrons. The van der Waals surface area contributed by atoms with Gasteiger partial charge in [0.15, 0.2) is 0 Å². The average molecular weight is 402 g/mol. The zero-order valence-electron chi connectivity index (χ0n) is 17.2. The number of para-hydroxylation sites is 1. The summed E-state index contributed by atoms with van der Waals surface area (Å²) < 4.78 is 5.54. The Balaban J connectivity index is 1.28. The molecule has 3 heterocycles. The SMILES string of the molecule is CC1CCN(c2ccc(-c3noc([C@H]4CC(=O)N(c5ccccc5)C4)n3)cc2)CC1. The highest BCUT2D eigenvalue weighted by Gasteiger charge is 2.35. The van der Waals surface area contributed by atoms with Gasteiger partial charge in [0.05, 0.1) is 5.92 Å². The van der Waals surface area contributed by atoms with E-state index in [9.17, 15) is 4.79 Å². The lowest BCUT2D eigenvalue weighted by Gasteiger charge is -2.32. The monoisotopic (exact) mass is 402 g/mol. The summed E-state index contributed by atoms with van der Waals surface area (Å²) in [5.74, 6) is 1.94. The number of piperidine rings is 1. The number of hydrogen-bond donors (Lipinski definition) is 0. The van der Waals surface area contributed by atoms with Crippen LogP contribution in [0.2, 0.25) is 0 Å². The third-order valence-electron chi connectivity index (χ3n) is 6.26. The van der Waals surface area contributed by atoms with E-state index in [-0.39, 0.29) is 11.8 Å². The molecule has 0 bridgehead atoms. The number of carbonyl (C=O) groups excluding carboxylic acids is 1. The molecule has 0 aliphatic carbocycles. The Bertz CT molecular complexity index is 1010. The molecule has 1 aromatic heterocycles. The van der Waals surface area contributed by atoms with Gasteiger partial charge in [0, 0.05) is 43.0 Å². The lowest BCUT2D eigenvalue weighted by molar-refractivity contribution is -0.117. The van der Waals surface area contributed by atoms with E-state index < -0.39 is 0 Å². The van der Waals surface area contributed by atoms with Crippen molar-refractivity contribution >= 4 is 17.3 Å². The highest BCUT2D eigenvalue weighted by molar-refractivity contribution is 5.96. The fourth-order valence-electron chi connectivity index (χ4n) is 4.34. The van der Waals surface area contributed by atoms with Gasteiger partial charge in [-0.1, -0.05) is 30.3 Å². The Morgan fingerprint density at radius 2 is 1.70 bits per heavy atom. The molecule has 6 nitrogen and oxygen atoms in total. The Kier molecular flexibility index (Phi) is 4.99. The van der Waals surface area contributed by atoms with E-state index >= 15 is 0 Å². The maximum atomic E-state index is 12.5. The van der Waals surface area contributed by atoms with Crippen LogP contribution in [0, 0.1) is 5.92 Å². The normalized spacial score (nSPS) is 20.2. The smallest absolute Gasteiger partial charge is 0.232 e. The molecule has 0 saturated carbocycles. The van der Waals surface area contributed by atoms with Crippen LogP contribution in [0.3, 0.4) is 0 Å². The first-order chi connectivity index (χ1) is 14.7. The predicted octanol–water partition coefficient (Wildman–Crippen LogP) is 4.49. The van der Waals surface area contributed by atoms with Crippen LogP contribution >= 0.6 is 0 Å². The molecule has 1 amide bonds. The number of hydrogen-bond acceptors (Lipinski definition) is 5. The van der Waals surface area contributed by atoms with Gasteiger partial charge in [-0.2, -0.15) is 4.98 Å². The number of carbonyl (C=O) groups is 1. The summed E-state index contributed by atoms with van der Waals surface area (Å²) in [5, 5.41) is 4.18. The second-order valence-corrected chi connectivity index (χ2v) is 8.41. The quantitative estimate of drug-likeness (QED) is 0.643. The Hall–Kier alpha value is -3.15. The summed E-state index contributed by atoms with van der Waals surface area (Å²) in [6, 6.07) is 18.1. The van der Waals surface area contributed by atoms with Crippen molar-refractivity contribution in [1.29, 1.82) is 0 Å². The van der Waals surface area contributed by atoms with Crippen LogP contribution < -0.4 is 9.80 Å². The Labute approximate surface area is 176 Å². The zero-order chi connectivity index (χ0) is 20.5. The summed E-state index contributed by atoms with van der Waals surface area (Å²) in [4.78, 5) is 21.3. The Morgan fingerprint density at radius 3 is 2.43 bits per heavy atom. The van der Waals surface area contributed by atoms with Crippen molar-refractivity contribution in [2.24, 2.45) is 5.92 Å². The van der Waals surface area contributed by atoms with Crippen molar-refractivity contribution in [2.45, 2.75) is 32.1 Å². The van der Waals surface area contributed by atoms with E-state index in [1.165, 1.54) is 18.5 Å². The standard InChI is InChI=1S/C24H26N4O2/c1-17-11-13-27(14-12-17)20-9-7-18(8-10-20)23-25-24(30-26-23)19-15-22(29)28(16-19)21-5-3-2-4-6-21/h2-10,17,19H,11-16H2,1H3/t19-/m0/s1. The molecule has 3 aromatic rings. The van der Waals surface area contributed by atoms with Gasteiger partial charge >= 0.3 is 0 Å². The molecule has 1 atom stereocenters. The van der Waals surface area contributed by atoms with Crippen molar-refractivity contribution in [3.63, 3.8) is 0 Å². The first-order valence-corrected chi connectivity index (χ1v) is 10.7. The molecule has 2 aromatic carbocycles. The van der Waals surface area contributed by atoms with Crippen LogP contribution in [0.1, 0.15) is 38.0 Å². The molecule has 30 heavy (non-hydrogen) atoms. The summed E-state index contributed by atoms with van der Waals surface area (Å²) in [6.07, 6.45) is 2.88. The first kappa shape index (κ1) is 18.9. The number of amides is 1. The van der Waals surface area contributed by atoms with E-state index in [2.05, 4.69) is 46.2 Å². The fraction of sp³-hybridized carbons (Fsp3) is 0.375. The number of nitrogens with zero attached hydrogens (tertiary/aromatic N) is 4. The minimum absolute atomic E-state index is 0.0754. The number of anilines is 2. The maximum absolute atomic E-state index is 12.5. The summed E-state index contributed by atoms with van der Waals surface area (Å²) >= 11 is 0. The number of aromatic nitrogens is 2. The van der Waals surface area contributed by atoms with Gasteiger partial charge < -0.3 is 14.3 Å². The molecule has 6 heteroatoms. The summed E-state index contributed by atoms with van der Waals surface area (Å²) in [6.45, 7) is 5.11. The van der Waals surface area contributed by atoms with E-state index in [0.717, 1.165) is 30.3 Å². The third-order valence-corrected chi connectivity index (χ3v) is 6.26. The highest BCUT2D eigenvalue weighted by Crippen LogP contribution is 2.32. The van der Waals surface area contributed by atoms with Gasteiger partial charge in [0.2, 0.25) is 17.6 Å². The van der Waals surface area contributed by atoms with Crippen LogP contribution in [0.25, 0.3) is 11.4 Å². The molecule has 2 saturated heterocycles. The second-order valence-electron chi connectivity index (χ2n) is 8.41. The van der Waals surface area contributed by atoms with E-state index in [1.54, 1.807) is 4.90 Å². The van der Waals surface area contributed by atoms with Crippen molar-refractivity contribution in [1.82, 2.24) is 10.1 Å². The van der Waals surface area contributed by atoms with Gasteiger partial charge in [0.1, 0.15) is 0 Å². The predicted molar refractivity (Wildman–Crippen MR) is 116 cm³/mol. The van der Waals surface area contributed by atoms with E-state index in [4.69, 9.17) is 4.52 Å². The van der Waals surface area contributed by atoms with E-state index in [1.807, 2.05) is 30.3 Å².